The zero-order valence-electron chi connectivity index (χ0n) is 17.2. The van der Waals surface area contributed by atoms with Gasteiger partial charge in [0.25, 0.3) is 0 Å². The van der Waals surface area contributed by atoms with Crippen LogP contribution in [0.25, 0.3) is 16.8 Å². The average molecular weight is 453 g/mol. The van der Waals surface area contributed by atoms with Crippen molar-refractivity contribution < 1.29 is 9.53 Å². The van der Waals surface area contributed by atoms with Crippen molar-refractivity contribution in [2.24, 2.45) is 0 Å². The van der Waals surface area contributed by atoms with Crippen LogP contribution in [0.3, 0.4) is 0 Å². The molecule has 0 bridgehead atoms. The fourth-order valence-corrected chi connectivity index (χ4v) is 4.32. The molecule has 0 atom stereocenters. The van der Waals surface area contributed by atoms with Crippen LogP contribution in [0.2, 0.25) is 5.02 Å². The third-order valence-corrected chi connectivity index (χ3v) is 6.04. The van der Waals surface area contributed by atoms with E-state index in [1.54, 1.807) is 23.2 Å². The predicted molar refractivity (Wildman–Crippen MR) is 123 cm³/mol. The molecule has 0 spiro atoms. The van der Waals surface area contributed by atoms with Gasteiger partial charge in [0.05, 0.1) is 23.6 Å². The fourth-order valence-electron chi connectivity index (χ4n) is 3.31. The number of thioether (sulfide) groups is 1. The first-order valence-electron chi connectivity index (χ1n) is 10.0. The van der Waals surface area contributed by atoms with Crippen LogP contribution in [0.4, 0.5) is 0 Å². The molecule has 0 fully saturated rings. The summed E-state index contributed by atoms with van der Waals surface area (Å²) in [7, 11) is 0. The number of esters is 1. The van der Waals surface area contributed by atoms with Crippen molar-refractivity contribution in [1.82, 2.24) is 19.8 Å². The van der Waals surface area contributed by atoms with Gasteiger partial charge < -0.3 is 4.74 Å². The second kappa shape index (κ2) is 9.49. The predicted octanol–water partition coefficient (Wildman–Crippen LogP) is 5.48. The molecule has 8 heteroatoms. The van der Waals surface area contributed by atoms with Crippen LogP contribution in [0.5, 0.6) is 0 Å². The molecule has 31 heavy (non-hydrogen) atoms. The second-order valence-electron chi connectivity index (χ2n) is 6.74. The van der Waals surface area contributed by atoms with Crippen LogP contribution in [0, 0.1) is 0 Å². The molecule has 0 amide bonds. The number of ether oxygens (including phenoxy) is 1. The Morgan fingerprint density at radius 3 is 2.48 bits per heavy atom. The Morgan fingerprint density at radius 2 is 1.81 bits per heavy atom. The Bertz CT molecular complexity index is 1210. The Kier molecular flexibility index (Phi) is 6.53. The summed E-state index contributed by atoms with van der Waals surface area (Å²) in [6, 6.07) is 17.6. The van der Waals surface area contributed by atoms with E-state index in [2.05, 4.69) is 17.1 Å². The van der Waals surface area contributed by atoms with E-state index in [1.807, 2.05) is 54.6 Å². The van der Waals surface area contributed by atoms with E-state index in [1.165, 1.54) is 0 Å². The van der Waals surface area contributed by atoms with Gasteiger partial charge in [0, 0.05) is 15.7 Å². The highest BCUT2D eigenvalue weighted by Crippen LogP contribution is 2.31. The van der Waals surface area contributed by atoms with Gasteiger partial charge in [0.1, 0.15) is 0 Å². The number of nitrogens with zero attached hydrogens (tertiary/aromatic N) is 4. The minimum Gasteiger partial charge on any atom is -0.461 e. The lowest BCUT2D eigenvalue weighted by molar-refractivity contribution is 0.0516. The number of aryl methyl sites for hydroxylation is 1. The highest BCUT2D eigenvalue weighted by molar-refractivity contribution is 7.98. The second-order valence-corrected chi connectivity index (χ2v) is 8.22. The van der Waals surface area contributed by atoms with Crippen molar-refractivity contribution in [3.8, 4) is 11.1 Å². The molecular weight excluding hydrogens is 432 g/mol. The molecule has 0 radical (unpaired) electrons. The molecule has 4 rings (SSSR count). The smallest absolute Gasteiger partial charge is 0.360 e. The van der Waals surface area contributed by atoms with Gasteiger partial charge in [-0.05, 0) is 43.2 Å². The number of aromatic nitrogens is 4. The molecule has 0 aliphatic carbocycles. The van der Waals surface area contributed by atoms with Crippen molar-refractivity contribution in [2.75, 3.05) is 6.61 Å². The summed E-state index contributed by atoms with van der Waals surface area (Å²) in [5.74, 6) is -0.0284. The summed E-state index contributed by atoms with van der Waals surface area (Å²) < 4.78 is 6.96. The molecular formula is C23H21ClN4O2S. The standard InChI is InChI=1S/C23H21ClN4O2S/c1-3-18-20(15-8-6-5-7-9-15)22-26-25-21(23(29)30-4-2)19(28(22)27-18)14-31-17-12-10-16(24)11-13-17/h5-13H,3-4,14H2,1-2H3. The van der Waals surface area contributed by atoms with E-state index in [0.717, 1.165) is 28.1 Å². The SMILES string of the molecule is CCOC(=O)c1nnc2c(-c3ccccc3)c(CC)nn2c1CSc1ccc(Cl)cc1. The molecule has 158 valence electrons. The molecule has 4 aromatic rings. The fraction of sp³-hybridized carbons (Fsp3) is 0.217. The number of hydrogen-bond acceptors (Lipinski definition) is 6. The molecule has 0 unspecified atom stereocenters. The largest absolute Gasteiger partial charge is 0.461 e. The maximum absolute atomic E-state index is 12.6. The molecule has 2 aromatic heterocycles. The van der Waals surface area contributed by atoms with Gasteiger partial charge in [-0.3, -0.25) is 0 Å². The lowest BCUT2D eigenvalue weighted by atomic mass is 10.0. The van der Waals surface area contributed by atoms with Crippen molar-refractivity contribution in [1.29, 1.82) is 0 Å². The number of fused-ring (bicyclic) bond motifs is 1. The average Bonchev–Trinajstić information content (AvgIpc) is 3.18. The first kappa shape index (κ1) is 21.3. The molecule has 0 aliphatic heterocycles. The highest BCUT2D eigenvalue weighted by atomic mass is 35.5. The van der Waals surface area contributed by atoms with Crippen LogP contribution in [0.15, 0.2) is 59.5 Å². The lowest BCUT2D eigenvalue weighted by Crippen LogP contribution is -2.16. The van der Waals surface area contributed by atoms with E-state index in [4.69, 9.17) is 21.4 Å². The van der Waals surface area contributed by atoms with Crippen molar-refractivity contribution in [3.63, 3.8) is 0 Å². The molecule has 0 aliphatic rings. The van der Waals surface area contributed by atoms with E-state index in [0.29, 0.717) is 22.1 Å². The van der Waals surface area contributed by atoms with Gasteiger partial charge in [-0.1, -0.05) is 48.9 Å². The lowest BCUT2D eigenvalue weighted by Gasteiger charge is -2.10. The number of rotatable bonds is 7. The summed E-state index contributed by atoms with van der Waals surface area (Å²) in [6.07, 6.45) is 0.728. The van der Waals surface area contributed by atoms with Crippen molar-refractivity contribution in [2.45, 2.75) is 30.9 Å². The Labute approximate surface area is 189 Å². The van der Waals surface area contributed by atoms with E-state index >= 15 is 0 Å². The minimum atomic E-state index is -0.501. The van der Waals surface area contributed by atoms with Crippen LogP contribution >= 0.6 is 23.4 Å². The maximum atomic E-state index is 12.6. The van der Waals surface area contributed by atoms with Crippen LogP contribution in [-0.4, -0.2) is 32.4 Å². The van der Waals surface area contributed by atoms with E-state index < -0.39 is 5.97 Å². The molecule has 2 aromatic carbocycles. The third-order valence-electron chi connectivity index (χ3n) is 4.76. The van der Waals surface area contributed by atoms with Gasteiger partial charge in [0.15, 0.2) is 11.3 Å². The zero-order chi connectivity index (χ0) is 21.8. The zero-order valence-corrected chi connectivity index (χ0v) is 18.8. The number of benzene rings is 2. The Morgan fingerprint density at radius 1 is 1.06 bits per heavy atom. The van der Waals surface area contributed by atoms with E-state index in [9.17, 15) is 4.79 Å². The normalized spacial score (nSPS) is 11.1. The maximum Gasteiger partial charge on any atom is 0.360 e. The van der Waals surface area contributed by atoms with Gasteiger partial charge in [-0.25, -0.2) is 9.31 Å². The molecule has 6 nitrogen and oxygen atoms in total. The first-order chi connectivity index (χ1) is 15.1. The van der Waals surface area contributed by atoms with Gasteiger partial charge in [-0.2, -0.15) is 5.10 Å². The number of halogens is 1. The van der Waals surface area contributed by atoms with Gasteiger partial charge >= 0.3 is 5.97 Å². The summed E-state index contributed by atoms with van der Waals surface area (Å²) in [5.41, 5.74) is 4.32. The van der Waals surface area contributed by atoms with Crippen LogP contribution in [0.1, 0.15) is 35.7 Å². The Balaban J connectivity index is 1.85. The summed E-state index contributed by atoms with van der Waals surface area (Å²) >= 11 is 7.57. The molecule has 2 heterocycles. The van der Waals surface area contributed by atoms with E-state index in [-0.39, 0.29) is 12.3 Å². The van der Waals surface area contributed by atoms with Gasteiger partial charge in [-0.15, -0.1) is 22.0 Å². The van der Waals surface area contributed by atoms with Crippen LogP contribution in [-0.2, 0) is 16.9 Å². The summed E-state index contributed by atoms with van der Waals surface area (Å²) in [5, 5.41) is 14.1. The molecule has 0 N–H and O–H groups in total. The van der Waals surface area contributed by atoms with Crippen molar-refractivity contribution in [3.05, 3.63) is 76.7 Å². The topological polar surface area (TPSA) is 69.4 Å². The third kappa shape index (κ3) is 4.43. The summed E-state index contributed by atoms with van der Waals surface area (Å²) in [6.45, 7) is 4.08. The van der Waals surface area contributed by atoms with Crippen molar-refractivity contribution >= 4 is 35.0 Å². The van der Waals surface area contributed by atoms with Gasteiger partial charge in [0.2, 0.25) is 0 Å². The number of carbonyl (C=O) groups excluding carboxylic acids is 1. The first-order valence-corrected chi connectivity index (χ1v) is 11.4. The Hall–Kier alpha value is -2.90. The molecule has 0 saturated carbocycles. The molecule has 0 saturated heterocycles. The quantitative estimate of drug-likeness (QED) is 0.273. The monoisotopic (exact) mass is 452 g/mol. The minimum absolute atomic E-state index is 0.181. The number of hydrogen-bond donors (Lipinski definition) is 0. The van der Waals surface area contributed by atoms with Crippen LogP contribution < -0.4 is 0 Å². The number of carbonyl (C=O) groups is 1. The highest BCUT2D eigenvalue weighted by Gasteiger charge is 2.24. The summed E-state index contributed by atoms with van der Waals surface area (Å²) in [4.78, 5) is 13.6.